The molecule has 1 aliphatic heterocycles. The summed E-state index contributed by atoms with van der Waals surface area (Å²) >= 11 is 5.87. The van der Waals surface area contributed by atoms with Crippen LogP contribution in [0.2, 0.25) is 5.02 Å². The molecule has 1 saturated heterocycles. The lowest BCUT2D eigenvalue weighted by Gasteiger charge is -2.14. The normalized spacial score (nSPS) is 23.0. The highest BCUT2D eigenvalue weighted by molar-refractivity contribution is 6.30. The van der Waals surface area contributed by atoms with Gasteiger partial charge in [-0.25, -0.2) is 4.98 Å². The smallest absolute Gasteiger partial charge is 0.233 e. The molecular formula is C18H15ClN2O3. The second-order valence-corrected chi connectivity index (χ2v) is 6.51. The lowest BCUT2D eigenvalue weighted by Crippen LogP contribution is -2.30. The highest BCUT2D eigenvalue weighted by atomic mass is 35.5. The number of hydrogen-bond donors (Lipinski definition) is 0. The van der Waals surface area contributed by atoms with Crippen molar-refractivity contribution in [1.29, 1.82) is 0 Å². The molecule has 2 aliphatic rings. The molecule has 0 N–H and O–H groups in total. The highest BCUT2D eigenvalue weighted by Gasteiger charge is 2.47. The molecule has 1 aromatic heterocycles. The van der Waals surface area contributed by atoms with Gasteiger partial charge in [-0.15, -0.1) is 0 Å². The number of carbonyl (C=O) groups is 2. The zero-order valence-corrected chi connectivity index (χ0v) is 13.6. The summed E-state index contributed by atoms with van der Waals surface area (Å²) in [5.74, 6) is -0.203. The molecule has 24 heavy (non-hydrogen) atoms. The van der Waals surface area contributed by atoms with Crippen LogP contribution in [-0.4, -0.2) is 21.7 Å². The first-order chi connectivity index (χ1) is 11.6. The number of benzene rings is 1. The molecule has 122 valence electrons. The number of rotatable bonds is 3. The summed E-state index contributed by atoms with van der Waals surface area (Å²) in [4.78, 5) is 30.6. The molecule has 1 fully saturated rings. The van der Waals surface area contributed by atoms with E-state index in [1.807, 2.05) is 24.3 Å². The van der Waals surface area contributed by atoms with Crippen LogP contribution in [0.1, 0.15) is 18.5 Å². The van der Waals surface area contributed by atoms with Crippen LogP contribution >= 0.6 is 11.6 Å². The van der Waals surface area contributed by atoms with Crippen molar-refractivity contribution in [3.8, 4) is 11.5 Å². The minimum Gasteiger partial charge on any atom is -0.444 e. The van der Waals surface area contributed by atoms with Gasteiger partial charge in [-0.1, -0.05) is 23.8 Å². The zero-order chi connectivity index (χ0) is 16.7. The van der Waals surface area contributed by atoms with E-state index >= 15 is 0 Å². The lowest BCUT2D eigenvalue weighted by molar-refractivity contribution is -0.140. The summed E-state index contributed by atoms with van der Waals surface area (Å²) in [6, 6.07) is 7.13. The Morgan fingerprint density at radius 3 is 2.33 bits per heavy atom. The van der Waals surface area contributed by atoms with E-state index in [1.54, 1.807) is 12.1 Å². The van der Waals surface area contributed by atoms with Crippen LogP contribution in [0.3, 0.4) is 0 Å². The molecular weight excluding hydrogens is 328 g/mol. The van der Waals surface area contributed by atoms with Crippen molar-refractivity contribution >= 4 is 23.4 Å². The van der Waals surface area contributed by atoms with Gasteiger partial charge in [0.2, 0.25) is 17.7 Å². The Balaban J connectivity index is 1.53. The third kappa shape index (κ3) is 2.55. The first-order valence-corrected chi connectivity index (χ1v) is 8.22. The summed E-state index contributed by atoms with van der Waals surface area (Å²) in [6.07, 6.45) is 6.72. The summed E-state index contributed by atoms with van der Waals surface area (Å²) < 4.78 is 5.47. The van der Waals surface area contributed by atoms with Crippen LogP contribution in [0.4, 0.5) is 0 Å². The van der Waals surface area contributed by atoms with Crippen LogP contribution in [0.5, 0.6) is 0 Å². The SMILES string of the molecule is O=C1[C@H]2CC=CC[C@@H]2C(=O)N1Cc1coc(-c2ccc(Cl)cc2)n1. The van der Waals surface area contributed by atoms with Gasteiger partial charge < -0.3 is 4.42 Å². The van der Waals surface area contributed by atoms with Crippen LogP contribution in [0.15, 0.2) is 47.1 Å². The quantitative estimate of drug-likeness (QED) is 0.633. The van der Waals surface area contributed by atoms with Gasteiger partial charge >= 0.3 is 0 Å². The molecule has 0 bridgehead atoms. The number of likely N-dealkylation sites (tertiary alicyclic amines) is 1. The fraction of sp³-hybridized carbons (Fsp3) is 0.278. The van der Waals surface area contributed by atoms with E-state index in [1.165, 1.54) is 11.2 Å². The molecule has 0 saturated carbocycles. The van der Waals surface area contributed by atoms with Crippen LogP contribution < -0.4 is 0 Å². The average Bonchev–Trinajstić information content (AvgIpc) is 3.16. The maximum absolute atomic E-state index is 12.5. The fourth-order valence-electron chi connectivity index (χ4n) is 3.29. The molecule has 1 aromatic carbocycles. The van der Waals surface area contributed by atoms with Gasteiger partial charge in [0.15, 0.2) is 0 Å². The first kappa shape index (κ1) is 15.1. The standard InChI is InChI=1S/C18H15ClN2O3/c19-12-7-5-11(6-8-12)16-20-13(10-24-16)9-21-17(22)14-3-1-2-4-15(14)18(21)23/h1-2,5-8,10,14-15H,3-4,9H2/t14-,15-/m0/s1. The molecule has 2 heterocycles. The topological polar surface area (TPSA) is 63.4 Å². The van der Waals surface area contributed by atoms with Crippen molar-refractivity contribution in [2.45, 2.75) is 19.4 Å². The number of carbonyl (C=O) groups excluding carboxylic acids is 2. The number of fused-ring (bicyclic) bond motifs is 1. The molecule has 0 spiro atoms. The third-order valence-corrected chi connectivity index (χ3v) is 4.81. The maximum atomic E-state index is 12.5. The van der Waals surface area contributed by atoms with Crippen molar-refractivity contribution < 1.29 is 14.0 Å². The first-order valence-electron chi connectivity index (χ1n) is 7.84. The second kappa shape index (κ2) is 5.91. The fourth-order valence-corrected chi connectivity index (χ4v) is 3.42. The average molecular weight is 343 g/mol. The molecule has 6 heteroatoms. The van der Waals surface area contributed by atoms with Crippen LogP contribution in [0.25, 0.3) is 11.5 Å². The molecule has 2 amide bonds. The number of nitrogens with zero attached hydrogens (tertiary/aromatic N) is 2. The van der Waals surface area contributed by atoms with Gasteiger partial charge in [0.05, 0.1) is 24.1 Å². The Morgan fingerprint density at radius 1 is 1.08 bits per heavy atom. The molecule has 2 aromatic rings. The molecule has 5 nitrogen and oxygen atoms in total. The summed E-state index contributed by atoms with van der Waals surface area (Å²) in [5.41, 5.74) is 1.36. The van der Waals surface area contributed by atoms with E-state index in [2.05, 4.69) is 4.98 Å². The molecule has 4 rings (SSSR count). The highest BCUT2D eigenvalue weighted by Crippen LogP contribution is 2.35. The van der Waals surface area contributed by atoms with E-state index in [-0.39, 0.29) is 30.2 Å². The second-order valence-electron chi connectivity index (χ2n) is 6.07. The number of aromatic nitrogens is 1. The molecule has 0 radical (unpaired) electrons. The van der Waals surface area contributed by atoms with Gasteiger partial charge in [-0.3, -0.25) is 14.5 Å². The van der Waals surface area contributed by atoms with E-state index in [0.29, 0.717) is 29.4 Å². The minimum atomic E-state index is -0.217. The van der Waals surface area contributed by atoms with Crippen molar-refractivity contribution in [3.63, 3.8) is 0 Å². The van der Waals surface area contributed by atoms with Gasteiger partial charge in [-0.2, -0.15) is 0 Å². The monoisotopic (exact) mass is 342 g/mol. The van der Waals surface area contributed by atoms with E-state index in [0.717, 1.165) is 5.56 Å². The predicted octanol–water partition coefficient (Wildman–Crippen LogP) is 3.45. The van der Waals surface area contributed by atoms with E-state index in [9.17, 15) is 9.59 Å². The summed E-state index contributed by atoms with van der Waals surface area (Å²) in [7, 11) is 0. The van der Waals surface area contributed by atoms with Crippen LogP contribution in [-0.2, 0) is 16.1 Å². The number of allylic oxidation sites excluding steroid dienone is 2. The molecule has 1 aliphatic carbocycles. The van der Waals surface area contributed by atoms with Crippen molar-refractivity contribution in [2.24, 2.45) is 11.8 Å². The Hall–Kier alpha value is -2.40. The number of hydrogen-bond acceptors (Lipinski definition) is 4. The number of oxazole rings is 1. The van der Waals surface area contributed by atoms with Crippen molar-refractivity contribution in [1.82, 2.24) is 9.88 Å². The Bertz CT molecular complexity index is 799. The maximum Gasteiger partial charge on any atom is 0.233 e. The lowest BCUT2D eigenvalue weighted by atomic mass is 9.85. The van der Waals surface area contributed by atoms with Gasteiger partial charge in [0.1, 0.15) is 6.26 Å². The molecule has 2 atom stereocenters. The van der Waals surface area contributed by atoms with Gasteiger partial charge in [-0.05, 0) is 37.1 Å². The summed E-state index contributed by atoms with van der Waals surface area (Å²) in [6.45, 7) is 0.155. The van der Waals surface area contributed by atoms with Crippen molar-refractivity contribution in [3.05, 3.63) is 53.4 Å². The zero-order valence-electron chi connectivity index (χ0n) is 12.8. The van der Waals surface area contributed by atoms with Gasteiger partial charge in [0.25, 0.3) is 0 Å². The predicted molar refractivity (Wildman–Crippen MR) is 87.9 cm³/mol. The molecule has 0 unspecified atom stereocenters. The van der Waals surface area contributed by atoms with E-state index < -0.39 is 0 Å². The summed E-state index contributed by atoms with van der Waals surface area (Å²) in [5, 5.41) is 0.634. The number of imide groups is 1. The van der Waals surface area contributed by atoms with Crippen molar-refractivity contribution in [2.75, 3.05) is 0 Å². The largest absolute Gasteiger partial charge is 0.444 e. The third-order valence-electron chi connectivity index (χ3n) is 4.56. The Morgan fingerprint density at radius 2 is 1.71 bits per heavy atom. The Labute approximate surface area is 143 Å². The van der Waals surface area contributed by atoms with Gasteiger partial charge in [0, 0.05) is 10.6 Å². The van der Waals surface area contributed by atoms with E-state index in [4.69, 9.17) is 16.0 Å². The Kier molecular flexibility index (Phi) is 3.73. The minimum absolute atomic E-state index is 0.106. The number of halogens is 1. The number of amides is 2. The van der Waals surface area contributed by atoms with Crippen LogP contribution in [0, 0.1) is 11.8 Å².